The van der Waals surface area contributed by atoms with Crippen LogP contribution >= 0.6 is 0 Å². The molecule has 0 saturated carbocycles. The van der Waals surface area contributed by atoms with Gasteiger partial charge < -0.3 is 9.80 Å². The van der Waals surface area contributed by atoms with Crippen LogP contribution in [0.5, 0.6) is 0 Å². The van der Waals surface area contributed by atoms with Crippen LogP contribution < -0.4 is 4.90 Å². The van der Waals surface area contributed by atoms with Crippen molar-refractivity contribution in [3.63, 3.8) is 0 Å². The lowest BCUT2D eigenvalue weighted by Gasteiger charge is -2.23. The minimum Gasteiger partial charge on any atom is -0.373 e. The Kier molecular flexibility index (Phi) is 4.62. The molecular formula is C13H19F3N2. The van der Waals surface area contributed by atoms with Gasteiger partial charge in [-0.1, -0.05) is 0 Å². The number of likely N-dealkylation sites (N-methyl/N-ethyl adjacent to an activating group) is 2. The number of hydrogen-bond donors (Lipinski definition) is 0. The molecule has 0 amide bonds. The highest BCUT2D eigenvalue weighted by Gasteiger charge is 2.31. The second kappa shape index (κ2) is 5.61. The van der Waals surface area contributed by atoms with E-state index in [1.54, 1.807) is 20.0 Å². The van der Waals surface area contributed by atoms with E-state index in [1.807, 2.05) is 23.9 Å². The van der Waals surface area contributed by atoms with Crippen molar-refractivity contribution in [1.29, 1.82) is 0 Å². The molecule has 1 aromatic rings. The highest BCUT2D eigenvalue weighted by Crippen LogP contribution is 2.32. The highest BCUT2D eigenvalue weighted by molar-refractivity contribution is 5.51. The summed E-state index contributed by atoms with van der Waals surface area (Å²) in [4.78, 5) is 3.83. The summed E-state index contributed by atoms with van der Waals surface area (Å²) < 4.78 is 38.1. The summed E-state index contributed by atoms with van der Waals surface area (Å²) in [7, 11) is 5.68. The van der Waals surface area contributed by atoms with Crippen LogP contribution in [0.1, 0.15) is 11.1 Å². The Bertz CT molecular complexity index is 400. The third-order valence-electron chi connectivity index (χ3n) is 2.71. The zero-order valence-corrected chi connectivity index (χ0v) is 11.2. The Morgan fingerprint density at radius 2 is 1.61 bits per heavy atom. The van der Waals surface area contributed by atoms with Crippen molar-refractivity contribution in [2.24, 2.45) is 0 Å². The molecule has 0 aromatic heterocycles. The first kappa shape index (κ1) is 14.8. The summed E-state index contributed by atoms with van der Waals surface area (Å²) in [5.74, 6) is 0. The molecule has 2 nitrogen and oxygen atoms in total. The van der Waals surface area contributed by atoms with Crippen molar-refractivity contribution < 1.29 is 13.2 Å². The molecule has 0 heterocycles. The molecule has 0 radical (unpaired) electrons. The molecule has 1 rings (SSSR count). The fourth-order valence-corrected chi connectivity index (χ4v) is 1.63. The van der Waals surface area contributed by atoms with Crippen molar-refractivity contribution in [3.8, 4) is 0 Å². The first-order chi connectivity index (χ1) is 8.20. The quantitative estimate of drug-likeness (QED) is 0.821. The summed E-state index contributed by atoms with van der Waals surface area (Å²) in [5.41, 5.74) is 0.634. The molecule has 0 aliphatic rings. The van der Waals surface area contributed by atoms with Crippen LogP contribution in [-0.4, -0.2) is 39.1 Å². The van der Waals surface area contributed by atoms with Crippen molar-refractivity contribution in [3.05, 3.63) is 29.3 Å². The second-order valence-corrected chi connectivity index (χ2v) is 4.78. The monoisotopic (exact) mass is 260 g/mol. The van der Waals surface area contributed by atoms with Crippen LogP contribution in [0.3, 0.4) is 0 Å². The van der Waals surface area contributed by atoms with E-state index in [0.717, 1.165) is 6.54 Å². The lowest BCUT2D eigenvalue weighted by molar-refractivity contribution is -0.137. The topological polar surface area (TPSA) is 6.48 Å². The molecule has 1 aromatic carbocycles. The van der Waals surface area contributed by atoms with Gasteiger partial charge in [-0.05, 0) is 44.8 Å². The second-order valence-electron chi connectivity index (χ2n) is 4.78. The first-order valence-corrected chi connectivity index (χ1v) is 5.75. The third kappa shape index (κ3) is 4.22. The van der Waals surface area contributed by atoms with Crippen LogP contribution in [-0.2, 0) is 6.18 Å². The Balaban J connectivity index is 2.92. The molecule has 0 bridgehead atoms. The number of alkyl halides is 3. The molecule has 0 saturated heterocycles. The molecule has 0 aliphatic heterocycles. The maximum atomic E-state index is 12.7. The standard InChI is InChI=1S/C13H19F3N2/c1-10-7-11(13(14,15)16)9-12(8-10)18(4)6-5-17(2)3/h7-9H,5-6H2,1-4H3. The molecule has 0 atom stereocenters. The average molecular weight is 260 g/mol. The van der Waals surface area contributed by atoms with E-state index in [4.69, 9.17) is 0 Å². The molecule has 5 heteroatoms. The van der Waals surface area contributed by atoms with Gasteiger partial charge in [-0.3, -0.25) is 0 Å². The highest BCUT2D eigenvalue weighted by atomic mass is 19.4. The SMILES string of the molecule is Cc1cc(N(C)CCN(C)C)cc(C(F)(F)F)c1. The summed E-state index contributed by atoms with van der Waals surface area (Å²) in [5, 5.41) is 0. The van der Waals surface area contributed by atoms with Gasteiger partial charge in [-0.15, -0.1) is 0 Å². The molecule has 18 heavy (non-hydrogen) atoms. The van der Waals surface area contributed by atoms with Crippen LogP contribution in [0.15, 0.2) is 18.2 Å². The lowest BCUT2D eigenvalue weighted by atomic mass is 10.1. The van der Waals surface area contributed by atoms with E-state index in [9.17, 15) is 13.2 Å². The predicted molar refractivity (Wildman–Crippen MR) is 68.0 cm³/mol. The number of aryl methyl sites for hydroxylation is 1. The minimum atomic E-state index is -4.29. The summed E-state index contributed by atoms with van der Waals surface area (Å²) in [6, 6.07) is 4.14. The van der Waals surface area contributed by atoms with Gasteiger partial charge in [0.25, 0.3) is 0 Å². The molecule has 0 aliphatic carbocycles. The van der Waals surface area contributed by atoms with Crippen molar-refractivity contribution in [2.45, 2.75) is 13.1 Å². The van der Waals surface area contributed by atoms with Gasteiger partial charge in [0.15, 0.2) is 0 Å². The number of hydrogen-bond acceptors (Lipinski definition) is 2. The van der Waals surface area contributed by atoms with E-state index in [2.05, 4.69) is 0 Å². The fourth-order valence-electron chi connectivity index (χ4n) is 1.63. The number of halogens is 3. The summed E-state index contributed by atoms with van der Waals surface area (Å²) >= 11 is 0. The first-order valence-electron chi connectivity index (χ1n) is 5.75. The van der Waals surface area contributed by atoms with Gasteiger partial charge in [0.2, 0.25) is 0 Å². The Morgan fingerprint density at radius 3 is 2.11 bits per heavy atom. The van der Waals surface area contributed by atoms with E-state index in [0.29, 0.717) is 17.8 Å². The van der Waals surface area contributed by atoms with Crippen LogP contribution in [0, 0.1) is 6.92 Å². The summed E-state index contributed by atoms with van der Waals surface area (Å²) in [6.07, 6.45) is -4.29. The molecule has 0 unspecified atom stereocenters. The smallest absolute Gasteiger partial charge is 0.373 e. The van der Waals surface area contributed by atoms with Gasteiger partial charge in [0.1, 0.15) is 0 Å². The van der Waals surface area contributed by atoms with E-state index in [-0.39, 0.29) is 0 Å². The van der Waals surface area contributed by atoms with Gasteiger partial charge in [-0.2, -0.15) is 13.2 Å². The van der Waals surface area contributed by atoms with Crippen LogP contribution in [0.25, 0.3) is 0 Å². The fraction of sp³-hybridized carbons (Fsp3) is 0.538. The Morgan fingerprint density at radius 1 is 1.00 bits per heavy atom. The van der Waals surface area contributed by atoms with Gasteiger partial charge in [-0.25, -0.2) is 0 Å². The molecular weight excluding hydrogens is 241 g/mol. The molecule has 102 valence electrons. The number of benzene rings is 1. The molecule has 0 spiro atoms. The maximum Gasteiger partial charge on any atom is 0.416 e. The predicted octanol–water partition coefficient (Wildman–Crippen LogP) is 3.01. The lowest BCUT2D eigenvalue weighted by Crippen LogP contribution is -2.28. The minimum absolute atomic E-state index is 0.589. The number of nitrogens with zero attached hydrogens (tertiary/aromatic N) is 2. The van der Waals surface area contributed by atoms with Crippen LogP contribution in [0.4, 0.5) is 18.9 Å². The van der Waals surface area contributed by atoms with Crippen LogP contribution in [0.2, 0.25) is 0 Å². The van der Waals surface area contributed by atoms with Crippen molar-refractivity contribution in [1.82, 2.24) is 4.90 Å². The van der Waals surface area contributed by atoms with E-state index < -0.39 is 11.7 Å². The average Bonchev–Trinajstić information content (AvgIpc) is 2.23. The third-order valence-corrected chi connectivity index (χ3v) is 2.71. The summed E-state index contributed by atoms with van der Waals surface area (Å²) in [6.45, 7) is 3.16. The maximum absolute atomic E-state index is 12.7. The molecule has 0 fully saturated rings. The van der Waals surface area contributed by atoms with Gasteiger partial charge in [0, 0.05) is 25.8 Å². The number of rotatable bonds is 4. The Hall–Kier alpha value is -1.23. The van der Waals surface area contributed by atoms with Gasteiger partial charge >= 0.3 is 6.18 Å². The Labute approximate surface area is 106 Å². The zero-order valence-electron chi connectivity index (χ0n) is 11.2. The normalized spacial score (nSPS) is 12.0. The van der Waals surface area contributed by atoms with Crippen molar-refractivity contribution >= 4 is 5.69 Å². The largest absolute Gasteiger partial charge is 0.416 e. The zero-order chi connectivity index (χ0) is 13.9. The van der Waals surface area contributed by atoms with E-state index >= 15 is 0 Å². The number of anilines is 1. The van der Waals surface area contributed by atoms with Crippen molar-refractivity contribution in [2.75, 3.05) is 39.1 Å². The van der Waals surface area contributed by atoms with E-state index in [1.165, 1.54) is 12.1 Å². The van der Waals surface area contributed by atoms with Gasteiger partial charge in [0.05, 0.1) is 5.56 Å². The molecule has 0 N–H and O–H groups in total.